The van der Waals surface area contributed by atoms with Gasteiger partial charge < -0.3 is 5.73 Å². The van der Waals surface area contributed by atoms with Crippen molar-refractivity contribution in [2.24, 2.45) is 5.73 Å². The molecule has 0 radical (unpaired) electrons. The lowest BCUT2D eigenvalue weighted by atomic mass is 10.1. The van der Waals surface area contributed by atoms with Crippen molar-refractivity contribution < 1.29 is 0 Å². The predicted octanol–water partition coefficient (Wildman–Crippen LogP) is 1.69. The van der Waals surface area contributed by atoms with Crippen LogP contribution in [0.15, 0.2) is 22.8 Å². The maximum absolute atomic E-state index is 5.91. The minimum atomic E-state index is -0.501. The average molecular weight is 255 g/mol. The van der Waals surface area contributed by atoms with Crippen molar-refractivity contribution in [2.75, 3.05) is 0 Å². The molecule has 0 bridgehead atoms. The number of hydrogen-bond acceptors (Lipinski definition) is 3. The highest BCUT2D eigenvalue weighted by molar-refractivity contribution is 9.10. The molecule has 5 heteroatoms. The molecule has 4 nitrogen and oxygen atoms in total. The Morgan fingerprint density at radius 3 is 2.79 bits per heavy atom. The van der Waals surface area contributed by atoms with Gasteiger partial charge in [0.15, 0.2) is 11.5 Å². The van der Waals surface area contributed by atoms with Crippen LogP contribution >= 0.6 is 15.9 Å². The van der Waals surface area contributed by atoms with Gasteiger partial charge in [0.25, 0.3) is 0 Å². The average Bonchev–Trinajstić information content (AvgIpc) is 2.45. The van der Waals surface area contributed by atoms with E-state index < -0.39 is 5.54 Å². The molecule has 0 saturated carbocycles. The highest BCUT2D eigenvalue weighted by atomic mass is 79.9. The third-order valence-corrected chi connectivity index (χ3v) is 2.34. The molecule has 2 aromatic heterocycles. The maximum Gasteiger partial charge on any atom is 0.170 e. The van der Waals surface area contributed by atoms with Crippen molar-refractivity contribution in [1.82, 2.24) is 14.6 Å². The molecule has 74 valence electrons. The SMILES string of the molecule is CC(C)(N)c1nc2ccc(Br)cn2n1. The van der Waals surface area contributed by atoms with Gasteiger partial charge in [-0.15, -0.1) is 5.10 Å². The van der Waals surface area contributed by atoms with Crippen molar-refractivity contribution in [1.29, 1.82) is 0 Å². The zero-order valence-electron chi connectivity index (χ0n) is 8.03. The van der Waals surface area contributed by atoms with Crippen molar-refractivity contribution in [3.05, 3.63) is 28.6 Å². The van der Waals surface area contributed by atoms with Gasteiger partial charge in [-0.2, -0.15) is 0 Å². The number of aromatic nitrogens is 3. The second-order valence-corrected chi connectivity index (χ2v) is 4.72. The molecule has 2 aromatic rings. The van der Waals surface area contributed by atoms with Gasteiger partial charge in [-0.3, -0.25) is 0 Å². The van der Waals surface area contributed by atoms with E-state index in [1.807, 2.05) is 32.2 Å². The Morgan fingerprint density at radius 1 is 1.43 bits per heavy atom. The van der Waals surface area contributed by atoms with Crippen LogP contribution in [-0.4, -0.2) is 14.6 Å². The summed E-state index contributed by atoms with van der Waals surface area (Å²) in [6, 6.07) is 3.82. The van der Waals surface area contributed by atoms with Gasteiger partial charge in [0, 0.05) is 10.7 Å². The van der Waals surface area contributed by atoms with E-state index in [-0.39, 0.29) is 0 Å². The third kappa shape index (κ3) is 1.65. The van der Waals surface area contributed by atoms with Gasteiger partial charge in [0.1, 0.15) is 0 Å². The summed E-state index contributed by atoms with van der Waals surface area (Å²) in [5.74, 6) is 0.649. The fourth-order valence-electron chi connectivity index (χ4n) is 1.13. The molecule has 0 aliphatic carbocycles. The Kier molecular flexibility index (Phi) is 2.08. The van der Waals surface area contributed by atoms with E-state index in [2.05, 4.69) is 26.0 Å². The van der Waals surface area contributed by atoms with Gasteiger partial charge in [-0.05, 0) is 41.9 Å². The number of pyridine rings is 1. The monoisotopic (exact) mass is 254 g/mol. The van der Waals surface area contributed by atoms with E-state index in [1.165, 1.54) is 0 Å². The summed E-state index contributed by atoms with van der Waals surface area (Å²) in [7, 11) is 0. The Morgan fingerprint density at radius 2 is 2.14 bits per heavy atom. The molecule has 0 aliphatic rings. The molecule has 0 spiro atoms. The minimum absolute atomic E-state index is 0.501. The molecule has 0 unspecified atom stereocenters. The quantitative estimate of drug-likeness (QED) is 0.843. The van der Waals surface area contributed by atoms with Crippen molar-refractivity contribution in [3.63, 3.8) is 0 Å². The van der Waals surface area contributed by atoms with E-state index >= 15 is 0 Å². The van der Waals surface area contributed by atoms with E-state index in [9.17, 15) is 0 Å². The summed E-state index contributed by atoms with van der Waals surface area (Å²) >= 11 is 3.37. The fourth-order valence-corrected chi connectivity index (χ4v) is 1.46. The lowest BCUT2D eigenvalue weighted by Crippen LogP contribution is -2.30. The van der Waals surface area contributed by atoms with Crippen LogP contribution in [0.2, 0.25) is 0 Å². The lowest BCUT2D eigenvalue weighted by Gasteiger charge is -2.12. The Bertz CT molecular complexity index is 469. The van der Waals surface area contributed by atoms with Crippen LogP contribution in [0.3, 0.4) is 0 Å². The molecule has 2 N–H and O–H groups in total. The van der Waals surface area contributed by atoms with E-state index in [4.69, 9.17) is 5.73 Å². The molecule has 14 heavy (non-hydrogen) atoms. The highest BCUT2D eigenvalue weighted by Gasteiger charge is 2.19. The summed E-state index contributed by atoms with van der Waals surface area (Å²) < 4.78 is 2.69. The first kappa shape index (κ1) is 9.61. The summed E-state index contributed by atoms with van der Waals surface area (Å²) in [6.07, 6.45) is 1.86. The summed E-state index contributed by atoms with van der Waals surface area (Å²) in [5.41, 5.74) is 6.21. The molecular formula is C9H11BrN4. The largest absolute Gasteiger partial charge is 0.319 e. The number of fused-ring (bicyclic) bond motifs is 1. The standard InChI is InChI=1S/C9H11BrN4/c1-9(2,11)8-12-7-4-3-6(10)5-14(7)13-8/h3-5H,11H2,1-2H3. The van der Waals surface area contributed by atoms with Crippen LogP contribution in [0, 0.1) is 0 Å². The Hall–Kier alpha value is -0.940. The normalized spacial score (nSPS) is 12.3. The van der Waals surface area contributed by atoms with Crippen LogP contribution in [0.25, 0.3) is 5.65 Å². The molecule has 0 amide bonds. The minimum Gasteiger partial charge on any atom is -0.319 e. The van der Waals surface area contributed by atoms with Crippen LogP contribution in [-0.2, 0) is 5.54 Å². The Labute approximate surface area is 90.3 Å². The van der Waals surface area contributed by atoms with Gasteiger partial charge in [-0.25, -0.2) is 9.50 Å². The van der Waals surface area contributed by atoms with Crippen molar-refractivity contribution >= 4 is 21.6 Å². The number of hydrogen-bond donors (Lipinski definition) is 1. The van der Waals surface area contributed by atoms with Crippen molar-refractivity contribution in [2.45, 2.75) is 19.4 Å². The molecule has 2 heterocycles. The summed E-state index contributed by atoms with van der Waals surface area (Å²) in [4.78, 5) is 4.33. The number of nitrogens with two attached hydrogens (primary N) is 1. The zero-order valence-corrected chi connectivity index (χ0v) is 9.62. The van der Waals surface area contributed by atoms with E-state index in [1.54, 1.807) is 4.52 Å². The first-order chi connectivity index (χ1) is 6.47. The van der Waals surface area contributed by atoms with Crippen LogP contribution in [0.4, 0.5) is 0 Å². The molecule has 0 aromatic carbocycles. The third-order valence-electron chi connectivity index (χ3n) is 1.87. The first-order valence-corrected chi connectivity index (χ1v) is 5.07. The van der Waals surface area contributed by atoms with Gasteiger partial charge in [0.2, 0.25) is 0 Å². The topological polar surface area (TPSA) is 56.2 Å². The van der Waals surface area contributed by atoms with Gasteiger partial charge in [-0.1, -0.05) is 0 Å². The number of rotatable bonds is 1. The lowest BCUT2D eigenvalue weighted by molar-refractivity contribution is 0.514. The maximum atomic E-state index is 5.91. The second kappa shape index (κ2) is 3.03. The van der Waals surface area contributed by atoms with E-state index in [0.29, 0.717) is 5.82 Å². The van der Waals surface area contributed by atoms with E-state index in [0.717, 1.165) is 10.1 Å². The Balaban J connectivity index is 2.63. The van der Waals surface area contributed by atoms with Gasteiger partial charge >= 0.3 is 0 Å². The molecule has 0 saturated heterocycles. The smallest absolute Gasteiger partial charge is 0.170 e. The zero-order chi connectivity index (χ0) is 10.3. The molecule has 0 aliphatic heterocycles. The van der Waals surface area contributed by atoms with Crippen molar-refractivity contribution in [3.8, 4) is 0 Å². The van der Waals surface area contributed by atoms with Crippen LogP contribution < -0.4 is 5.73 Å². The summed E-state index contributed by atoms with van der Waals surface area (Å²) in [6.45, 7) is 3.77. The second-order valence-electron chi connectivity index (χ2n) is 3.81. The van der Waals surface area contributed by atoms with Crippen LogP contribution in [0.1, 0.15) is 19.7 Å². The number of nitrogens with zero attached hydrogens (tertiary/aromatic N) is 3. The highest BCUT2D eigenvalue weighted by Crippen LogP contribution is 2.15. The molecule has 2 rings (SSSR count). The predicted molar refractivity (Wildman–Crippen MR) is 57.9 cm³/mol. The summed E-state index contributed by atoms with van der Waals surface area (Å²) in [5, 5.41) is 4.30. The first-order valence-electron chi connectivity index (χ1n) is 4.28. The number of halogens is 1. The van der Waals surface area contributed by atoms with Gasteiger partial charge in [0.05, 0.1) is 5.54 Å². The van der Waals surface area contributed by atoms with Crippen LogP contribution in [0.5, 0.6) is 0 Å². The fraction of sp³-hybridized carbons (Fsp3) is 0.333. The molecule has 0 fully saturated rings. The molecular weight excluding hydrogens is 244 g/mol. The molecule has 0 atom stereocenters.